The van der Waals surface area contributed by atoms with Gasteiger partial charge in [-0.25, -0.2) is 9.97 Å². The van der Waals surface area contributed by atoms with Crippen molar-refractivity contribution in [3.63, 3.8) is 0 Å². The van der Waals surface area contributed by atoms with Gasteiger partial charge in [-0.2, -0.15) is 0 Å². The van der Waals surface area contributed by atoms with Crippen LogP contribution in [-0.4, -0.2) is 9.97 Å². The number of thioether (sulfide) groups is 1. The standard InChI is InChI=1S/C17H16N2S/c1-2-14-17(20-12-13-8-4-3-5-9-13)19-16-11-7-6-10-15(16)18-14/h3-11H,2,12H2,1H3. The first-order valence-electron chi connectivity index (χ1n) is 6.79. The zero-order chi connectivity index (χ0) is 13.8. The molecule has 2 aromatic carbocycles. The smallest absolute Gasteiger partial charge is 0.119 e. The summed E-state index contributed by atoms with van der Waals surface area (Å²) < 4.78 is 0. The van der Waals surface area contributed by atoms with Gasteiger partial charge in [0.05, 0.1) is 16.7 Å². The molecule has 3 heteroatoms. The number of hydrogen-bond acceptors (Lipinski definition) is 3. The quantitative estimate of drug-likeness (QED) is 0.659. The van der Waals surface area contributed by atoms with Crippen LogP contribution in [0.3, 0.4) is 0 Å². The van der Waals surface area contributed by atoms with Crippen LogP contribution in [0.1, 0.15) is 18.2 Å². The number of aromatic nitrogens is 2. The Bertz CT molecular complexity index is 711. The largest absolute Gasteiger partial charge is 0.248 e. The number of nitrogens with zero attached hydrogens (tertiary/aromatic N) is 2. The van der Waals surface area contributed by atoms with Crippen molar-refractivity contribution < 1.29 is 0 Å². The molecule has 0 spiro atoms. The van der Waals surface area contributed by atoms with Crippen molar-refractivity contribution in [2.75, 3.05) is 0 Å². The van der Waals surface area contributed by atoms with Crippen LogP contribution in [0.25, 0.3) is 11.0 Å². The lowest BCUT2D eigenvalue weighted by Gasteiger charge is -2.08. The van der Waals surface area contributed by atoms with Gasteiger partial charge in [0, 0.05) is 5.75 Å². The van der Waals surface area contributed by atoms with Gasteiger partial charge in [-0.15, -0.1) is 0 Å². The van der Waals surface area contributed by atoms with Gasteiger partial charge in [-0.3, -0.25) is 0 Å². The van der Waals surface area contributed by atoms with E-state index in [0.29, 0.717) is 0 Å². The molecule has 3 rings (SSSR count). The number of hydrogen-bond donors (Lipinski definition) is 0. The predicted molar refractivity (Wildman–Crippen MR) is 84.9 cm³/mol. The van der Waals surface area contributed by atoms with E-state index in [0.717, 1.165) is 33.9 Å². The highest BCUT2D eigenvalue weighted by Crippen LogP contribution is 2.25. The monoisotopic (exact) mass is 280 g/mol. The van der Waals surface area contributed by atoms with E-state index in [9.17, 15) is 0 Å². The normalized spacial score (nSPS) is 10.8. The fourth-order valence-corrected chi connectivity index (χ4v) is 3.11. The lowest BCUT2D eigenvalue weighted by molar-refractivity contribution is 0.943. The summed E-state index contributed by atoms with van der Waals surface area (Å²) in [4.78, 5) is 9.48. The van der Waals surface area contributed by atoms with E-state index in [1.807, 2.05) is 30.3 Å². The Kier molecular flexibility index (Phi) is 3.97. The van der Waals surface area contributed by atoms with Gasteiger partial charge < -0.3 is 0 Å². The summed E-state index contributed by atoms with van der Waals surface area (Å²) in [5.41, 5.74) is 4.35. The number of fused-ring (bicyclic) bond motifs is 1. The summed E-state index contributed by atoms with van der Waals surface area (Å²) in [6.45, 7) is 2.13. The van der Waals surface area contributed by atoms with E-state index in [-0.39, 0.29) is 0 Å². The van der Waals surface area contributed by atoms with E-state index in [1.165, 1.54) is 5.56 Å². The second-order valence-electron chi connectivity index (χ2n) is 4.59. The Morgan fingerprint density at radius 1 is 0.850 bits per heavy atom. The van der Waals surface area contributed by atoms with Crippen LogP contribution in [0, 0.1) is 0 Å². The lowest BCUT2D eigenvalue weighted by Crippen LogP contribution is -1.96. The summed E-state index contributed by atoms with van der Waals surface area (Å²) in [5, 5.41) is 1.05. The molecule has 0 saturated carbocycles. The third-order valence-electron chi connectivity index (χ3n) is 3.16. The summed E-state index contributed by atoms with van der Waals surface area (Å²) in [6.07, 6.45) is 0.912. The van der Waals surface area contributed by atoms with Crippen LogP contribution in [0.15, 0.2) is 59.6 Å². The number of para-hydroxylation sites is 2. The maximum absolute atomic E-state index is 4.76. The van der Waals surface area contributed by atoms with E-state index in [1.54, 1.807) is 11.8 Å². The van der Waals surface area contributed by atoms with Gasteiger partial charge in [0.15, 0.2) is 0 Å². The van der Waals surface area contributed by atoms with Crippen molar-refractivity contribution in [3.8, 4) is 0 Å². The molecule has 1 heterocycles. The molecule has 0 radical (unpaired) electrons. The van der Waals surface area contributed by atoms with Crippen LogP contribution in [0.4, 0.5) is 0 Å². The van der Waals surface area contributed by atoms with Gasteiger partial charge in [0.2, 0.25) is 0 Å². The molecule has 0 bridgehead atoms. The molecular formula is C17H16N2S. The molecule has 0 atom stereocenters. The lowest BCUT2D eigenvalue weighted by atomic mass is 10.2. The van der Waals surface area contributed by atoms with E-state index in [2.05, 4.69) is 31.2 Å². The van der Waals surface area contributed by atoms with Crippen LogP contribution < -0.4 is 0 Å². The summed E-state index contributed by atoms with van der Waals surface area (Å²) in [7, 11) is 0. The van der Waals surface area contributed by atoms with E-state index in [4.69, 9.17) is 9.97 Å². The second kappa shape index (κ2) is 6.06. The molecule has 100 valence electrons. The molecule has 2 nitrogen and oxygen atoms in total. The third kappa shape index (κ3) is 2.83. The summed E-state index contributed by atoms with van der Waals surface area (Å²) in [5.74, 6) is 0.931. The van der Waals surface area contributed by atoms with Gasteiger partial charge in [-0.05, 0) is 24.1 Å². The fraction of sp³-hybridized carbons (Fsp3) is 0.176. The van der Waals surface area contributed by atoms with Crippen LogP contribution >= 0.6 is 11.8 Å². The molecule has 0 fully saturated rings. The van der Waals surface area contributed by atoms with Crippen molar-refractivity contribution in [2.24, 2.45) is 0 Å². The van der Waals surface area contributed by atoms with Gasteiger partial charge >= 0.3 is 0 Å². The molecule has 0 aliphatic carbocycles. The minimum Gasteiger partial charge on any atom is -0.248 e. The highest BCUT2D eigenvalue weighted by Gasteiger charge is 2.08. The Balaban J connectivity index is 1.90. The SMILES string of the molecule is CCc1nc2ccccc2nc1SCc1ccccc1. The Morgan fingerprint density at radius 3 is 2.20 bits per heavy atom. The minimum atomic E-state index is 0.912. The zero-order valence-electron chi connectivity index (χ0n) is 11.4. The average molecular weight is 280 g/mol. The molecule has 3 aromatic rings. The molecule has 0 aliphatic heterocycles. The maximum Gasteiger partial charge on any atom is 0.119 e. The highest BCUT2D eigenvalue weighted by molar-refractivity contribution is 7.98. The fourth-order valence-electron chi connectivity index (χ4n) is 2.09. The molecule has 0 unspecified atom stereocenters. The topological polar surface area (TPSA) is 25.8 Å². The van der Waals surface area contributed by atoms with Crippen LogP contribution in [-0.2, 0) is 12.2 Å². The molecular weight excluding hydrogens is 264 g/mol. The summed E-state index contributed by atoms with van der Waals surface area (Å²) in [6, 6.07) is 18.5. The van der Waals surface area contributed by atoms with Gasteiger partial charge in [-0.1, -0.05) is 61.2 Å². The Labute approximate surface area is 123 Å². The van der Waals surface area contributed by atoms with Crippen LogP contribution in [0.2, 0.25) is 0 Å². The van der Waals surface area contributed by atoms with Crippen molar-refractivity contribution in [1.82, 2.24) is 9.97 Å². The van der Waals surface area contributed by atoms with Crippen molar-refractivity contribution in [3.05, 3.63) is 65.9 Å². The summed E-state index contributed by atoms with van der Waals surface area (Å²) >= 11 is 1.77. The molecule has 0 N–H and O–H groups in total. The second-order valence-corrected chi connectivity index (χ2v) is 5.56. The van der Waals surface area contributed by atoms with E-state index < -0.39 is 0 Å². The number of rotatable bonds is 4. The molecule has 0 aliphatic rings. The van der Waals surface area contributed by atoms with Crippen molar-refractivity contribution >= 4 is 22.8 Å². The molecule has 20 heavy (non-hydrogen) atoms. The predicted octanol–water partition coefficient (Wildman–Crippen LogP) is 4.48. The Hall–Kier alpha value is -1.87. The first-order valence-corrected chi connectivity index (χ1v) is 7.78. The third-order valence-corrected chi connectivity index (χ3v) is 4.24. The minimum absolute atomic E-state index is 0.912. The van der Waals surface area contributed by atoms with Crippen molar-refractivity contribution in [2.45, 2.75) is 24.1 Å². The molecule has 1 aromatic heterocycles. The van der Waals surface area contributed by atoms with Crippen LogP contribution in [0.5, 0.6) is 0 Å². The molecule has 0 saturated heterocycles. The first-order chi connectivity index (χ1) is 9.86. The van der Waals surface area contributed by atoms with Crippen molar-refractivity contribution in [1.29, 1.82) is 0 Å². The Morgan fingerprint density at radius 2 is 1.50 bits per heavy atom. The van der Waals surface area contributed by atoms with Gasteiger partial charge in [0.25, 0.3) is 0 Å². The van der Waals surface area contributed by atoms with Gasteiger partial charge in [0.1, 0.15) is 5.03 Å². The molecule has 0 amide bonds. The number of aryl methyl sites for hydroxylation is 1. The highest BCUT2D eigenvalue weighted by atomic mass is 32.2. The zero-order valence-corrected chi connectivity index (χ0v) is 12.2. The maximum atomic E-state index is 4.76. The van der Waals surface area contributed by atoms with E-state index >= 15 is 0 Å². The average Bonchev–Trinajstić information content (AvgIpc) is 2.53. The first kappa shape index (κ1) is 13.1. The number of benzene rings is 2.